The molecule has 3 rings (SSSR count). The molecule has 1 unspecified atom stereocenters. The van der Waals surface area contributed by atoms with Crippen LogP contribution in [0.5, 0.6) is 0 Å². The quantitative estimate of drug-likeness (QED) is 0.919. The molecule has 23 heavy (non-hydrogen) atoms. The number of piperidine rings is 1. The average Bonchev–Trinajstić information content (AvgIpc) is 2.86. The first-order valence-electron chi connectivity index (χ1n) is 7.85. The molecule has 1 aromatic carbocycles. The van der Waals surface area contributed by atoms with Crippen LogP contribution < -0.4 is 5.73 Å². The van der Waals surface area contributed by atoms with Gasteiger partial charge in [-0.05, 0) is 25.3 Å². The van der Waals surface area contributed by atoms with E-state index >= 15 is 0 Å². The molecule has 0 radical (unpaired) electrons. The Kier molecular flexibility index (Phi) is 4.61. The van der Waals surface area contributed by atoms with Crippen molar-refractivity contribution in [3.63, 3.8) is 0 Å². The number of benzene rings is 1. The van der Waals surface area contributed by atoms with E-state index < -0.39 is 5.91 Å². The number of carbonyl (C=O) groups is 2. The maximum absolute atomic E-state index is 12.3. The summed E-state index contributed by atoms with van der Waals surface area (Å²) < 4.78 is 0. The van der Waals surface area contributed by atoms with Crippen LogP contribution in [0.4, 0.5) is 0 Å². The molecule has 2 heterocycles. The first-order chi connectivity index (χ1) is 11.1. The summed E-state index contributed by atoms with van der Waals surface area (Å²) in [7, 11) is 0. The number of hydrogen-bond donors (Lipinski definition) is 1. The monoisotopic (exact) mass is 331 g/mol. The molecular formula is C17H21N3O2S. The number of allylic oxidation sites excluding steroid dienone is 1. The van der Waals surface area contributed by atoms with E-state index in [1.807, 2.05) is 30.0 Å². The topological polar surface area (TPSA) is 66.6 Å². The van der Waals surface area contributed by atoms with Gasteiger partial charge in [0.15, 0.2) is 5.50 Å². The zero-order chi connectivity index (χ0) is 16.4. The Hall–Kier alpha value is -1.95. The van der Waals surface area contributed by atoms with E-state index in [1.165, 1.54) is 11.8 Å². The third kappa shape index (κ3) is 3.22. The third-order valence-corrected chi connectivity index (χ3v) is 5.75. The van der Waals surface area contributed by atoms with E-state index in [9.17, 15) is 9.59 Å². The fourth-order valence-corrected chi connectivity index (χ4v) is 4.38. The van der Waals surface area contributed by atoms with Gasteiger partial charge in [-0.1, -0.05) is 42.1 Å². The van der Waals surface area contributed by atoms with Crippen LogP contribution in [0.2, 0.25) is 0 Å². The second-order valence-electron chi connectivity index (χ2n) is 5.88. The minimum absolute atomic E-state index is 0.158. The molecule has 0 spiro atoms. The number of carbonyl (C=O) groups excluding carboxylic acids is 2. The number of nitrogens with zero attached hydrogens (tertiary/aromatic N) is 2. The van der Waals surface area contributed by atoms with E-state index in [-0.39, 0.29) is 11.4 Å². The lowest BCUT2D eigenvalue weighted by atomic mass is 10.1. The molecule has 1 atom stereocenters. The van der Waals surface area contributed by atoms with E-state index in [2.05, 4.69) is 17.0 Å². The Morgan fingerprint density at radius 3 is 2.70 bits per heavy atom. The maximum atomic E-state index is 12.3. The molecule has 1 aromatic rings. The summed E-state index contributed by atoms with van der Waals surface area (Å²) in [4.78, 5) is 28.6. The molecule has 122 valence electrons. The summed E-state index contributed by atoms with van der Waals surface area (Å²) in [5.74, 6) is -0.261. The number of primary amides is 1. The van der Waals surface area contributed by atoms with Crippen molar-refractivity contribution in [2.45, 2.75) is 38.2 Å². The number of hydrogen-bond acceptors (Lipinski definition) is 4. The van der Waals surface area contributed by atoms with Crippen molar-refractivity contribution in [1.82, 2.24) is 9.80 Å². The van der Waals surface area contributed by atoms with Gasteiger partial charge in [-0.3, -0.25) is 9.59 Å². The molecule has 0 aromatic heterocycles. The molecule has 1 fully saturated rings. The van der Waals surface area contributed by atoms with Gasteiger partial charge < -0.3 is 15.5 Å². The minimum atomic E-state index is -0.419. The second-order valence-corrected chi connectivity index (χ2v) is 6.95. The van der Waals surface area contributed by atoms with E-state index in [4.69, 9.17) is 5.73 Å². The summed E-state index contributed by atoms with van der Waals surface area (Å²) in [6, 6.07) is 10.1. The van der Waals surface area contributed by atoms with Crippen LogP contribution in [0, 0.1) is 0 Å². The zero-order valence-electron chi connectivity index (χ0n) is 13.2. The molecule has 2 N–H and O–H groups in total. The summed E-state index contributed by atoms with van der Waals surface area (Å²) in [5, 5.41) is 0. The smallest absolute Gasteiger partial charge is 0.257 e. The molecule has 6 heteroatoms. The molecule has 2 aliphatic rings. The van der Waals surface area contributed by atoms with Crippen molar-refractivity contribution in [1.29, 1.82) is 0 Å². The van der Waals surface area contributed by atoms with Crippen molar-refractivity contribution in [3.05, 3.63) is 46.5 Å². The van der Waals surface area contributed by atoms with Crippen molar-refractivity contribution < 1.29 is 9.59 Å². The summed E-state index contributed by atoms with van der Waals surface area (Å²) in [5.41, 5.74) is 7.35. The summed E-state index contributed by atoms with van der Waals surface area (Å²) in [6.45, 7) is 3.30. The second kappa shape index (κ2) is 6.66. The first-order valence-corrected chi connectivity index (χ1v) is 8.73. The predicted octanol–water partition coefficient (Wildman–Crippen LogP) is 2.25. The van der Waals surface area contributed by atoms with Crippen molar-refractivity contribution in [2.24, 2.45) is 5.73 Å². The lowest BCUT2D eigenvalue weighted by Crippen LogP contribution is -2.48. The van der Waals surface area contributed by atoms with Gasteiger partial charge in [0.2, 0.25) is 5.91 Å². The molecule has 0 aliphatic carbocycles. The highest BCUT2D eigenvalue weighted by atomic mass is 32.2. The van der Waals surface area contributed by atoms with Gasteiger partial charge >= 0.3 is 0 Å². The van der Waals surface area contributed by atoms with Crippen LogP contribution in [-0.4, -0.2) is 33.7 Å². The van der Waals surface area contributed by atoms with Gasteiger partial charge in [0.25, 0.3) is 5.91 Å². The summed E-state index contributed by atoms with van der Waals surface area (Å²) in [6.07, 6.45) is 2.54. The molecule has 0 bridgehead atoms. The minimum Gasteiger partial charge on any atom is -0.365 e. The standard InChI is InChI=1S/C17H21N3O2S/c1-12-15(16(18)22)23-17(19-10-6-5-9-14(19)21)20(12)11-13-7-3-2-4-8-13/h2-4,7-8,17H,5-6,9-11H2,1H3,(H2,18,22). The summed E-state index contributed by atoms with van der Waals surface area (Å²) >= 11 is 1.40. The van der Waals surface area contributed by atoms with Gasteiger partial charge in [-0.15, -0.1) is 0 Å². The third-order valence-electron chi connectivity index (χ3n) is 4.30. The average molecular weight is 331 g/mol. The molecular weight excluding hydrogens is 310 g/mol. The van der Waals surface area contributed by atoms with Gasteiger partial charge in [-0.2, -0.15) is 0 Å². The molecule has 0 saturated carbocycles. The Bertz CT molecular complexity index is 644. The van der Waals surface area contributed by atoms with Crippen molar-refractivity contribution in [3.8, 4) is 0 Å². The first kappa shape index (κ1) is 15.9. The van der Waals surface area contributed by atoms with Gasteiger partial charge in [0.05, 0.1) is 4.91 Å². The lowest BCUT2D eigenvalue weighted by molar-refractivity contribution is -0.136. The van der Waals surface area contributed by atoms with Crippen LogP contribution in [0.25, 0.3) is 0 Å². The van der Waals surface area contributed by atoms with E-state index in [0.717, 1.165) is 30.6 Å². The highest BCUT2D eigenvalue weighted by Crippen LogP contribution is 2.41. The van der Waals surface area contributed by atoms with Gasteiger partial charge in [0.1, 0.15) is 0 Å². The van der Waals surface area contributed by atoms with Crippen LogP contribution in [0.15, 0.2) is 40.9 Å². The Labute approximate surface area is 140 Å². The van der Waals surface area contributed by atoms with Gasteiger partial charge in [-0.25, -0.2) is 0 Å². The molecule has 1 saturated heterocycles. The fraction of sp³-hybridized carbons (Fsp3) is 0.412. The number of rotatable bonds is 4. The maximum Gasteiger partial charge on any atom is 0.257 e. The normalized spacial score (nSPS) is 22.0. The SMILES string of the molecule is CC1=C(C(N)=O)SC(N2CCCCC2=O)N1Cc1ccccc1. The number of amides is 2. The van der Waals surface area contributed by atoms with Gasteiger partial charge in [0, 0.05) is 25.2 Å². The molecule has 2 amide bonds. The number of nitrogens with two attached hydrogens (primary N) is 1. The van der Waals surface area contributed by atoms with E-state index in [0.29, 0.717) is 17.9 Å². The van der Waals surface area contributed by atoms with Crippen molar-refractivity contribution >= 4 is 23.6 Å². The Morgan fingerprint density at radius 1 is 1.30 bits per heavy atom. The van der Waals surface area contributed by atoms with Crippen LogP contribution >= 0.6 is 11.8 Å². The highest BCUT2D eigenvalue weighted by molar-refractivity contribution is 8.04. The molecule has 2 aliphatic heterocycles. The Balaban J connectivity index is 1.88. The largest absolute Gasteiger partial charge is 0.365 e. The Morgan fingerprint density at radius 2 is 2.04 bits per heavy atom. The lowest BCUT2D eigenvalue weighted by Gasteiger charge is -2.38. The fourth-order valence-electron chi connectivity index (χ4n) is 3.06. The van der Waals surface area contributed by atoms with Crippen molar-refractivity contribution in [2.75, 3.05) is 6.54 Å². The predicted molar refractivity (Wildman–Crippen MR) is 90.8 cm³/mol. The zero-order valence-corrected chi connectivity index (χ0v) is 14.0. The van der Waals surface area contributed by atoms with Crippen LogP contribution in [-0.2, 0) is 16.1 Å². The number of thioether (sulfide) groups is 1. The van der Waals surface area contributed by atoms with Crippen LogP contribution in [0.1, 0.15) is 31.7 Å². The van der Waals surface area contributed by atoms with E-state index in [1.54, 1.807) is 0 Å². The number of likely N-dealkylation sites (tertiary alicyclic amines) is 1. The molecule has 5 nitrogen and oxygen atoms in total. The van der Waals surface area contributed by atoms with Crippen LogP contribution in [0.3, 0.4) is 0 Å². The highest BCUT2D eigenvalue weighted by Gasteiger charge is 2.39.